The van der Waals surface area contributed by atoms with E-state index in [2.05, 4.69) is 0 Å². The molecule has 8 nitrogen and oxygen atoms in total. The van der Waals surface area contributed by atoms with Crippen molar-refractivity contribution in [2.45, 2.75) is 6.42 Å². The average molecular weight is 419 g/mol. The fraction of sp³-hybridized carbons (Fsp3) is 0.111. The predicted molar refractivity (Wildman–Crippen MR) is 103 cm³/mol. The molecule has 3 rings (SSSR count). The first-order valence-corrected chi connectivity index (χ1v) is 9.53. The Labute approximate surface area is 166 Å². The lowest BCUT2D eigenvalue weighted by atomic mass is 10.1. The molecule has 1 fully saturated rings. The van der Waals surface area contributed by atoms with Gasteiger partial charge in [0.25, 0.3) is 11.1 Å². The minimum Gasteiger partial charge on any atom is -0.507 e. The van der Waals surface area contributed by atoms with E-state index in [1.165, 1.54) is 23.5 Å². The molecule has 28 heavy (non-hydrogen) atoms. The van der Waals surface area contributed by atoms with Crippen molar-refractivity contribution >= 4 is 52.3 Å². The Kier molecular flexibility index (Phi) is 5.52. The van der Waals surface area contributed by atoms with E-state index in [0.29, 0.717) is 10.4 Å². The zero-order chi connectivity index (χ0) is 20.4. The van der Waals surface area contributed by atoms with Gasteiger partial charge in [0.05, 0.1) is 11.3 Å². The summed E-state index contributed by atoms with van der Waals surface area (Å²) >= 11 is 2.02. The number of carbonyl (C=O) groups excluding carboxylic acids is 2. The van der Waals surface area contributed by atoms with Crippen LogP contribution in [0.15, 0.2) is 35.2 Å². The highest BCUT2D eigenvalue weighted by molar-refractivity contribution is 8.18. The number of rotatable bonds is 6. The smallest absolute Gasteiger partial charge is 0.339 e. The van der Waals surface area contributed by atoms with Crippen molar-refractivity contribution in [1.82, 2.24) is 4.90 Å². The highest BCUT2D eigenvalue weighted by Gasteiger charge is 2.35. The zero-order valence-corrected chi connectivity index (χ0v) is 15.7. The summed E-state index contributed by atoms with van der Waals surface area (Å²) in [5.41, 5.74) is 0.376. The standard InChI is InChI=1S/C18H13NO7S2/c20-12-3-1-9(7-11(12)17(24)25)13-4-2-10(27-13)8-14-16(23)19(18(26)28-14)6-5-15(21)22/h1-4,7-8,20H,5-6H2,(H,21,22)(H,24,25)/b14-8-. The van der Waals surface area contributed by atoms with Gasteiger partial charge in [-0.15, -0.1) is 11.3 Å². The molecule has 1 saturated heterocycles. The zero-order valence-electron chi connectivity index (χ0n) is 14.1. The second kappa shape index (κ2) is 7.87. The molecule has 1 aromatic carbocycles. The maximum Gasteiger partial charge on any atom is 0.339 e. The third-order valence-electron chi connectivity index (χ3n) is 3.83. The molecule has 2 amide bonds. The van der Waals surface area contributed by atoms with Gasteiger partial charge in [-0.3, -0.25) is 19.3 Å². The Bertz CT molecular complexity index is 1020. The minimum absolute atomic E-state index is 0.182. The van der Waals surface area contributed by atoms with E-state index < -0.39 is 23.1 Å². The maximum atomic E-state index is 12.3. The number of carboxylic acid groups (broad SMARTS) is 2. The number of imide groups is 1. The molecule has 2 heterocycles. The number of hydrogen-bond donors (Lipinski definition) is 3. The molecule has 144 valence electrons. The summed E-state index contributed by atoms with van der Waals surface area (Å²) < 4.78 is 0. The Balaban J connectivity index is 1.82. The lowest BCUT2D eigenvalue weighted by Crippen LogP contribution is -2.30. The summed E-state index contributed by atoms with van der Waals surface area (Å²) in [6.07, 6.45) is 1.22. The van der Waals surface area contributed by atoms with E-state index in [1.807, 2.05) is 0 Å². The molecule has 0 atom stereocenters. The van der Waals surface area contributed by atoms with Crippen molar-refractivity contribution in [2.75, 3.05) is 6.54 Å². The van der Waals surface area contributed by atoms with Crippen LogP contribution in [0.25, 0.3) is 16.5 Å². The molecule has 0 unspecified atom stereocenters. The molecule has 2 aromatic rings. The van der Waals surface area contributed by atoms with E-state index in [9.17, 15) is 24.3 Å². The molecule has 1 aliphatic heterocycles. The van der Waals surface area contributed by atoms with E-state index in [4.69, 9.17) is 10.2 Å². The third kappa shape index (κ3) is 4.07. The molecule has 0 aliphatic carbocycles. The van der Waals surface area contributed by atoms with E-state index in [1.54, 1.807) is 24.3 Å². The quantitative estimate of drug-likeness (QED) is 0.608. The van der Waals surface area contributed by atoms with Crippen LogP contribution < -0.4 is 0 Å². The van der Waals surface area contributed by atoms with Crippen molar-refractivity contribution in [3.8, 4) is 16.2 Å². The number of phenols is 1. The summed E-state index contributed by atoms with van der Waals surface area (Å²) in [4.78, 5) is 48.5. The topological polar surface area (TPSA) is 132 Å². The van der Waals surface area contributed by atoms with Gasteiger partial charge in [0.1, 0.15) is 11.3 Å². The number of nitrogens with zero attached hydrogens (tertiary/aromatic N) is 1. The summed E-state index contributed by atoms with van der Waals surface area (Å²) in [5.74, 6) is -3.21. The molecule has 0 spiro atoms. The normalized spacial score (nSPS) is 15.4. The van der Waals surface area contributed by atoms with Crippen LogP contribution in [0.3, 0.4) is 0 Å². The van der Waals surface area contributed by atoms with E-state index in [-0.39, 0.29) is 29.2 Å². The Morgan fingerprint density at radius 2 is 1.86 bits per heavy atom. The second-order valence-electron chi connectivity index (χ2n) is 5.72. The molecular weight excluding hydrogens is 406 g/mol. The largest absolute Gasteiger partial charge is 0.507 e. The first kappa shape index (κ1) is 19.6. The number of benzene rings is 1. The van der Waals surface area contributed by atoms with Crippen LogP contribution in [0, 0.1) is 0 Å². The van der Waals surface area contributed by atoms with Crippen LogP contribution in [-0.2, 0) is 9.59 Å². The minimum atomic E-state index is -1.24. The SMILES string of the molecule is O=C(O)CCN1C(=O)S/C(=C\c2ccc(-c3ccc(O)c(C(=O)O)c3)s2)C1=O. The van der Waals surface area contributed by atoms with Crippen molar-refractivity contribution in [2.24, 2.45) is 0 Å². The Hall–Kier alpha value is -3.11. The van der Waals surface area contributed by atoms with Gasteiger partial charge < -0.3 is 15.3 Å². The van der Waals surface area contributed by atoms with Crippen LogP contribution in [-0.4, -0.2) is 49.8 Å². The lowest BCUT2D eigenvalue weighted by Gasteiger charge is -2.09. The fourth-order valence-corrected chi connectivity index (χ4v) is 4.35. The average Bonchev–Trinajstić information content (AvgIpc) is 3.19. The molecule has 1 aromatic heterocycles. The number of aliphatic carboxylic acids is 1. The second-order valence-corrected chi connectivity index (χ2v) is 7.82. The third-order valence-corrected chi connectivity index (χ3v) is 5.82. The van der Waals surface area contributed by atoms with Gasteiger partial charge in [0, 0.05) is 16.3 Å². The predicted octanol–water partition coefficient (Wildman–Crippen LogP) is 3.33. The molecule has 3 N–H and O–H groups in total. The van der Waals surface area contributed by atoms with Crippen LogP contribution in [0.5, 0.6) is 5.75 Å². The Morgan fingerprint density at radius 3 is 2.54 bits per heavy atom. The molecule has 10 heteroatoms. The molecule has 0 saturated carbocycles. The van der Waals surface area contributed by atoms with Crippen molar-refractivity contribution in [3.05, 3.63) is 45.7 Å². The van der Waals surface area contributed by atoms with Crippen molar-refractivity contribution in [3.63, 3.8) is 0 Å². The van der Waals surface area contributed by atoms with Gasteiger partial charge in [0.2, 0.25) is 0 Å². The van der Waals surface area contributed by atoms with Gasteiger partial charge in [-0.1, -0.05) is 0 Å². The summed E-state index contributed by atoms with van der Waals surface area (Å²) in [5, 5.41) is 26.9. The van der Waals surface area contributed by atoms with Gasteiger partial charge >= 0.3 is 11.9 Å². The Morgan fingerprint density at radius 1 is 1.11 bits per heavy atom. The number of carboxylic acids is 2. The van der Waals surface area contributed by atoms with E-state index >= 15 is 0 Å². The fourth-order valence-electron chi connectivity index (χ4n) is 2.48. The number of thiophene rings is 1. The molecule has 0 bridgehead atoms. The molecular formula is C18H13NO7S2. The van der Waals surface area contributed by atoms with Crippen LogP contribution in [0.4, 0.5) is 4.79 Å². The number of aromatic carboxylic acids is 1. The number of hydrogen-bond acceptors (Lipinski definition) is 7. The van der Waals surface area contributed by atoms with Crippen LogP contribution >= 0.6 is 23.1 Å². The number of carbonyl (C=O) groups is 4. The molecule has 1 aliphatic rings. The summed E-state index contributed by atoms with van der Waals surface area (Å²) in [7, 11) is 0. The first-order valence-electron chi connectivity index (χ1n) is 7.90. The molecule has 0 radical (unpaired) electrons. The lowest BCUT2D eigenvalue weighted by molar-refractivity contribution is -0.137. The number of aromatic hydroxyl groups is 1. The first-order chi connectivity index (χ1) is 13.3. The highest BCUT2D eigenvalue weighted by Crippen LogP contribution is 2.36. The monoisotopic (exact) mass is 419 g/mol. The van der Waals surface area contributed by atoms with Gasteiger partial charge in [-0.25, -0.2) is 4.79 Å². The highest BCUT2D eigenvalue weighted by atomic mass is 32.2. The maximum absolute atomic E-state index is 12.3. The van der Waals surface area contributed by atoms with Gasteiger partial charge in [0.15, 0.2) is 0 Å². The van der Waals surface area contributed by atoms with Gasteiger partial charge in [-0.05, 0) is 53.7 Å². The van der Waals surface area contributed by atoms with Crippen LogP contribution in [0.1, 0.15) is 21.7 Å². The van der Waals surface area contributed by atoms with Crippen LogP contribution in [0.2, 0.25) is 0 Å². The number of thioether (sulfide) groups is 1. The van der Waals surface area contributed by atoms with E-state index in [0.717, 1.165) is 21.5 Å². The van der Waals surface area contributed by atoms with Crippen molar-refractivity contribution in [1.29, 1.82) is 0 Å². The number of amides is 2. The summed E-state index contributed by atoms with van der Waals surface area (Å²) in [6, 6.07) is 7.69. The van der Waals surface area contributed by atoms with Gasteiger partial charge in [-0.2, -0.15) is 0 Å². The van der Waals surface area contributed by atoms with Crippen molar-refractivity contribution < 1.29 is 34.5 Å². The summed E-state index contributed by atoms with van der Waals surface area (Å²) in [6.45, 7) is -0.182.